The van der Waals surface area contributed by atoms with E-state index >= 15 is 0 Å². The lowest BCUT2D eigenvalue weighted by atomic mass is 10.2. The molecule has 0 radical (unpaired) electrons. The van der Waals surface area contributed by atoms with Crippen LogP contribution < -0.4 is 15.4 Å². The van der Waals surface area contributed by atoms with Gasteiger partial charge in [0, 0.05) is 4.47 Å². The number of rotatable bonds is 2. The van der Waals surface area contributed by atoms with E-state index < -0.39 is 11.9 Å². The number of hydrogen-bond donors (Lipinski definition) is 2. The van der Waals surface area contributed by atoms with Crippen molar-refractivity contribution in [1.29, 1.82) is 0 Å². The molecule has 88 valence electrons. The second kappa shape index (κ2) is 4.58. The lowest BCUT2D eigenvalue weighted by Crippen LogP contribution is -2.22. The van der Waals surface area contributed by atoms with Gasteiger partial charge in [0.25, 0.3) is 5.91 Å². The van der Waals surface area contributed by atoms with E-state index in [1.165, 1.54) is 0 Å². The normalized spacial score (nSPS) is 16.9. The van der Waals surface area contributed by atoms with Crippen LogP contribution >= 0.6 is 15.9 Å². The van der Waals surface area contributed by atoms with E-state index in [9.17, 15) is 9.59 Å². The Bertz CT molecular complexity index is 525. The number of methoxy groups -OCH3 is 1. The van der Waals surface area contributed by atoms with E-state index in [2.05, 4.69) is 26.6 Å². The zero-order chi connectivity index (χ0) is 12.4. The van der Waals surface area contributed by atoms with Crippen LogP contribution in [0, 0.1) is 0 Å². The van der Waals surface area contributed by atoms with Crippen LogP contribution in [0.2, 0.25) is 0 Å². The minimum Gasteiger partial charge on any atom is -0.497 e. The van der Waals surface area contributed by atoms with E-state index in [0.717, 1.165) is 10.0 Å². The maximum atomic E-state index is 11.3. The summed E-state index contributed by atoms with van der Waals surface area (Å²) in [5.74, 6) is 0.231. The van der Waals surface area contributed by atoms with Gasteiger partial charge in [0.15, 0.2) is 0 Å². The first-order valence-corrected chi connectivity index (χ1v) is 5.57. The molecule has 0 spiro atoms. The number of halogens is 1. The molecule has 5 nitrogen and oxygen atoms in total. The Morgan fingerprint density at radius 3 is 2.65 bits per heavy atom. The average Bonchev–Trinajstić information content (AvgIpc) is 2.60. The minimum absolute atomic E-state index is 0.212. The molecule has 3 amide bonds. The van der Waals surface area contributed by atoms with Crippen LogP contribution in [0.25, 0.3) is 6.08 Å². The lowest BCUT2D eigenvalue weighted by molar-refractivity contribution is -0.115. The number of carbonyl (C=O) groups excluding carboxylic acids is 2. The van der Waals surface area contributed by atoms with Crippen molar-refractivity contribution in [2.24, 2.45) is 0 Å². The highest BCUT2D eigenvalue weighted by Gasteiger charge is 2.22. The molecule has 2 N–H and O–H groups in total. The van der Waals surface area contributed by atoms with Gasteiger partial charge >= 0.3 is 6.03 Å². The van der Waals surface area contributed by atoms with E-state index in [1.807, 2.05) is 0 Å². The number of carbonyl (C=O) groups is 2. The van der Waals surface area contributed by atoms with Crippen molar-refractivity contribution in [3.05, 3.63) is 33.9 Å². The van der Waals surface area contributed by atoms with Crippen molar-refractivity contribution >= 4 is 33.9 Å². The first-order chi connectivity index (χ1) is 8.10. The third-order valence-electron chi connectivity index (χ3n) is 2.22. The third kappa shape index (κ3) is 2.47. The summed E-state index contributed by atoms with van der Waals surface area (Å²) in [6, 6.07) is 4.84. The Morgan fingerprint density at radius 2 is 2.06 bits per heavy atom. The second-order valence-corrected chi connectivity index (χ2v) is 4.21. The maximum Gasteiger partial charge on any atom is 0.326 e. The summed E-state index contributed by atoms with van der Waals surface area (Å²) >= 11 is 3.36. The van der Waals surface area contributed by atoms with E-state index in [-0.39, 0.29) is 5.70 Å². The molecule has 1 aromatic carbocycles. The summed E-state index contributed by atoms with van der Waals surface area (Å²) in [5.41, 5.74) is 0.959. The Morgan fingerprint density at radius 1 is 1.29 bits per heavy atom. The lowest BCUT2D eigenvalue weighted by Gasteiger charge is -2.04. The van der Waals surface area contributed by atoms with Gasteiger partial charge in [0.1, 0.15) is 11.4 Å². The smallest absolute Gasteiger partial charge is 0.326 e. The van der Waals surface area contributed by atoms with Crippen molar-refractivity contribution in [2.45, 2.75) is 0 Å². The highest BCUT2D eigenvalue weighted by atomic mass is 79.9. The number of hydrogen-bond acceptors (Lipinski definition) is 3. The van der Waals surface area contributed by atoms with Crippen molar-refractivity contribution in [3.63, 3.8) is 0 Å². The molecule has 0 aliphatic carbocycles. The fourth-order valence-corrected chi connectivity index (χ4v) is 1.76. The van der Waals surface area contributed by atoms with Gasteiger partial charge in [-0.25, -0.2) is 4.79 Å². The molecule has 1 fully saturated rings. The number of urea groups is 1. The monoisotopic (exact) mass is 296 g/mol. The van der Waals surface area contributed by atoms with Gasteiger partial charge in [-0.05, 0) is 29.8 Å². The molecule has 1 heterocycles. The molecule has 1 aliphatic rings. The summed E-state index contributed by atoms with van der Waals surface area (Å²) in [6.07, 6.45) is 1.58. The Labute approximate surface area is 106 Å². The van der Waals surface area contributed by atoms with Gasteiger partial charge in [-0.1, -0.05) is 15.9 Å². The van der Waals surface area contributed by atoms with Crippen LogP contribution in [-0.2, 0) is 4.79 Å². The van der Waals surface area contributed by atoms with Crippen LogP contribution in [-0.4, -0.2) is 19.0 Å². The molecule has 6 heteroatoms. The van der Waals surface area contributed by atoms with Crippen LogP contribution in [0.1, 0.15) is 5.56 Å². The highest BCUT2D eigenvalue weighted by Crippen LogP contribution is 2.24. The predicted octanol–water partition coefficient (Wildman–Crippen LogP) is 1.64. The summed E-state index contributed by atoms with van der Waals surface area (Å²) in [6.45, 7) is 0. The molecule has 2 rings (SSSR count). The van der Waals surface area contributed by atoms with E-state index in [0.29, 0.717) is 5.75 Å². The van der Waals surface area contributed by atoms with E-state index in [4.69, 9.17) is 4.74 Å². The Balaban J connectivity index is 2.38. The first-order valence-electron chi connectivity index (χ1n) is 4.77. The molecular formula is C11H9BrN2O3. The van der Waals surface area contributed by atoms with Crippen molar-refractivity contribution in [1.82, 2.24) is 10.6 Å². The molecular weight excluding hydrogens is 288 g/mol. The molecule has 0 bridgehead atoms. The van der Waals surface area contributed by atoms with Crippen molar-refractivity contribution < 1.29 is 14.3 Å². The van der Waals surface area contributed by atoms with Crippen molar-refractivity contribution in [3.8, 4) is 5.75 Å². The van der Waals surface area contributed by atoms with Gasteiger partial charge in [-0.2, -0.15) is 0 Å². The van der Waals surface area contributed by atoms with Crippen LogP contribution in [0.4, 0.5) is 4.79 Å². The Kier molecular flexibility index (Phi) is 3.14. The third-order valence-corrected chi connectivity index (χ3v) is 2.95. The zero-order valence-electron chi connectivity index (χ0n) is 8.91. The molecule has 1 aromatic rings. The van der Waals surface area contributed by atoms with Gasteiger partial charge in [0.2, 0.25) is 0 Å². The SMILES string of the molecule is COc1ccc(Br)c(C=C2NC(=O)NC2=O)c1. The molecule has 0 saturated carbocycles. The first kappa shape index (κ1) is 11.7. The van der Waals surface area contributed by atoms with Gasteiger partial charge in [-0.3, -0.25) is 10.1 Å². The van der Waals surface area contributed by atoms with Gasteiger partial charge in [0.05, 0.1) is 7.11 Å². The number of benzene rings is 1. The summed E-state index contributed by atoms with van der Waals surface area (Å²) in [4.78, 5) is 22.3. The zero-order valence-corrected chi connectivity index (χ0v) is 10.5. The Hall–Kier alpha value is -1.82. The summed E-state index contributed by atoms with van der Waals surface area (Å²) < 4.78 is 5.89. The number of imide groups is 1. The standard InChI is InChI=1S/C11H9BrN2O3/c1-17-7-2-3-8(12)6(4-7)5-9-10(15)14-11(16)13-9/h2-5H,1H3,(H2,13,14,15,16). The predicted molar refractivity (Wildman–Crippen MR) is 65.3 cm³/mol. The van der Waals surface area contributed by atoms with E-state index in [1.54, 1.807) is 31.4 Å². The minimum atomic E-state index is -0.514. The molecule has 1 saturated heterocycles. The molecule has 0 atom stereocenters. The highest BCUT2D eigenvalue weighted by molar-refractivity contribution is 9.10. The van der Waals surface area contributed by atoms with Crippen LogP contribution in [0.3, 0.4) is 0 Å². The maximum absolute atomic E-state index is 11.3. The van der Waals surface area contributed by atoms with Crippen LogP contribution in [0.5, 0.6) is 5.75 Å². The number of amides is 3. The summed E-state index contributed by atoms with van der Waals surface area (Å²) in [5, 5.41) is 4.55. The fraction of sp³-hybridized carbons (Fsp3) is 0.0909. The second-order valence-electron chi connectivity index (χ2n) is 3.35. The fourth-order valence-electron chi connectivity index (χ4n) is 1.40. The van der Waals surface area contributed by atoms with Gasteiger partial charge < -0.3 is 10.1 Å². The molecule has 1 aliphatic heterocycles. The topological polar surface area (TPSA) is 67.4 Å². The quantitative estimate of drug-likeness (QED) is 0.644. The van der Waals surface area contributed by atoms with Crippen molar-refractivity contribution in [2.75, 3.05) is 7.11 Å². The number of ether oxygens (including phenoxy) is 1. The average molecular weight is 297 g/mol. The van der Waals surface area contributed by atoms with Gasteiger partial charge in [-0.15, -0.1) is 0 Å². The molecule has 0 unspecified atom stereocenters. The number of nitrogens with one attached hydrogen (secondary N) is 2. The molecule has 17 heavy (non-hydrogen) atoms. The van der Waals surface area contributed by atoms with Crippen LogP contribution in [0.15, 0.2) is 28.4 Å². The summed E-state index contributed by atoms with van der Waals surface area (Å²) in [7, 11) is 1.56. The molecule has 0 aromatic heterocycles. The largest absolute Gasteiger partial charge is 0.497 e.